The molecule has 0 spiro atoms. The zero-order chi connectivity index (χ0) is 20.3. The minimum atomic E-state index is -0.858. The molecule has 3 rings (SSSR count). The largest absolute Gasteiger partial charge is 0.503 e. The molecule has 0 aliphatic heterocycles. The summed E-state index contributed by atoms with van der Waals surface area (Å²) in [4.78, 5) is 11.8. The second-order valence-electron chi connectivity index (χ2n) is 6.56. The highest BCUT2D eigenvalue weighted by Crippen LogP contribution is 2.32. The van der Waals surface area contributed by atoms with Crippen molar-refractivity contribution in [2.45, 2.75) is 20.0 Å². The molecule has 5 nitrogen and oxygen atoms in total. The molecule has 0 saturated carbocycles. The molecule has 1 aromatic heterocycles. The number of nitrogens with zero attached hydrogens (tertiary/aromatic N) is 1. The number of allylic oxidation sites excluding steroid dienone is 1. The van der Waals surface area contributed by atoms with Gasteiger partial charge in [-0.25, -0.2) is 0 Å². The maximum absolute atomic E-state index is 11.8. The molecular formula is C23H24N2O3. The van der Waals surface area contributed by atoms with Crippen LogP contribution in [0.5, 0.6) is 5.75 Å². The molecule has 144 valence electrons. The van der Waals surface area contributed by atoms with Crippen LogP contribution in [0.15, 0.2) is 65.6 Å². The Morgan fingerprint density at radius 3 is 2.57 bits per heavy atom. The van der Waals surface area contributed by atoms with Crippen molar-refractivity contribution >= 4 is 11.8 Å². The maximum Gasteiger partial charge on any atom is 0.223 e. The van der Waals surface area contributed by atoms with Crippen LogP contribution in [0.1, 0.15) is 31.2 Å². The van der Waals surface area contributed by atoms with Crippen molar-refractivity contribution in [3.63, 3.8) is 0 Å². The summed E-state index contributed by atoms with van der Waals surface area (Å²) in [5.41, 5.74) is 4.77. The fraction of sp³-hybridized carbons (Fsp3) is 0.174. The third kappa shape index (κ3) is 3.70. The van der Waals surface area contributed by atoms with Crippen LogP contribution in [-0.4, -0.2) is 21.8 Å². The van der Waals surface area contributed by atoms with E-state index >= 15 is 0 Å². The van der Waals surface area contributed by atoms with Gasteiger partial charge in [-0.2, -0.15) is 0 Å². The maximum atomic E-state index is 11.8. The van der Waals surface area contributed by atoms with E-state index in [1.807, 2.05) is 62.5 Å². The molecule has 0 aliphatic carbocycles. The number of aliphatic hydroxyl groups excluding tert-OH is 1. The van der Waals surface area contributed by atoms with E-state index in [2.05, 4.69) is 11.4 Å². The number of hydrogen-bond donors (Lipinski definition) is 3. The Hall–Kier alpha value is -3.31. The van der Waals surface area contributed by atoms with Gasteiger partial charge in [0.25, 0.3) is 0 Å². The van der Waals surface area contributed by atoms with Crippen LogP contribution in [0.3, 0.4) is 0 Å². The topological polar surface area (TPSA) is 74.5 Å². The first-order valence-corrected chi connectivity index (χ1v) is 9.14. The molecule has 3 N–H and O–H groups in total. The Bertz CT molecular complexity index is 1080. The van der Waals surface area contributed by atoms with Gasteiger partial charge in [-0.05, 0) is 43.2 Å². The number of aromatic hydroxyl groups is 1. The first-order chi connectivity index (χ1) is 13.5. The minimum Gasteiger partial charge on any atom is -0.503 e. The number of benzene rings is 2. The van der Waals surface area contributed by atoms with E-state index in [0.717, 1.165) is 28.1 Å². The molecule has 0 amide bonds. The van der Waals surface area contributed by atoms with E-state index in [1.165, 1.54) is 12.3 Å². The van der Waals surface area contributed by atoms with E-state index in [4.69, 9.17) is 0 Å². The van der Waals surface area contributed by atoms with Gasteiger partial charge in [0.05, 0.1) is 18.0 Å². The molecule has 3 aromatic rings. The molecule has 0 saturated heterocycles. The van der Waals surface area contributed by atoms with Crippen LogP contribution in [-0.2, 0) is 0 Å². The van der Waals surface area contributed by atoms with Crippen LogP contribution < -0.4 is 10.7 Å². The molecule has 1 unspecified atom stereocenters. The second kappa shape index (κ2) is 8.15. The fourth-order valence-corrected chi connectivity index (χ4v) is 3.29. The lowest BCUT2D eigenvalue weighted by Gasteiger charge is -2.18. The molecule has 0 radical (unpaired) electrons. The zero-order valence-electron chi connectivity index (χ0n) is 16.2. The zero-order valence-corrected chi connectivity index (χ0v) is 16.2. The Morgan fingerprint density at radius 1 is 1.14 bits per heavy atom. The summed E-state index contributed by atoms with van der Waals surface area (Å²) < 4.78 is 1.64. The highest BCUT2D eigenvalue weighted by atomic mass is 16.3. The summed E-state index contributed by atoms with van der Waals surface area (Å²) in [6.07, 6.45) is 4.54. The van der Waals surface area contributed by atoms with Crippen molar-refractivity contribution in [2.24, 2.45) is 0 Å². The molecule has 28 heavy (non-hydrogen) atoms. The number of anilines is 1. The Labute approximate surface area is 164 Å². The first-order valence-electron chi connectivity index (χ1n) is 9.14. The van der Waals surface area contributed by atoms with Crippen LogP contribution in [0.4, 0.5) is 5.69 Å². The molecular weight excluding hydrogens is 352 g/mol. The molecule has 0 bridgehead atoms. The summed E-state index contributed by atoms with van der Waals surface area (Å²) >= 11 is 0. The lowest BCUT2D eigenvalue weighted by Crippen LogP contribution is -2.13. The Kier molecular flexibility index (Phi) is 5.66. The first kappa shape index (κ1) is 19.5. The van der Waals surface area contributed by atoms with Gasteiger partial charge in [0.15, 0.2) is 5.75 Å². The molecule has 5 heteroatoms. The fourth-order valence-electron chi connectivity index (χ4n) is 3.29. The average molecular weight is 376 g/mol. The quantitative estimate of drug-likeness (QED) is 0.619. The molecule has 1 atom stereocenters. The highest BCUT2D eigenvalue weighted by Gasteiger charge is 2.13. The van der Waals surface area contributed by atoms with E-state index in [9.17, 15) is 15.0 Å². The van der Waals surface area contributed by atoms with E-state index < -0.39 is 11.5 Å². The van der Waals surface area contributed by atoms with Gasteiger partial charge in [0.2, 0.25) is 5.43 Å². The summed E-state index contributed by atoms with van der Waals surface area (Å²) in [7, 11) is 1.89. The van der Waals surface area contributed by atoms with Gasteiger partial charge in [0, 0.05) is 30.1 Å². The molecule has 1 heterocycles. The predicted molar refractivity (Wildman–Crippen MR) is 114 cm³/mol. The van der Waals surface area contributed by atoms with Crippen molar-refractivity contribution in [3.8, 4) is 22.6 Å². The number of pyridine rings is 1. The number of aromatic nitrogens is 1. The van der Waals surface area contributed by atoms with Crippen LogP contribution >= 0.6 is 0 Å². The molecule has 0 fully saturated rings. The standard InChI is InChI=1S/C23H24N2O3/c1-4-7-19-18(10-6-11-20(19)24-3)16-8-5-9-17(12-16)25-14-23(28)22(27)13-21(25)15(2)26/h4-15,24,26,28H,1-3H3. The van der Waals surface area contributed by atoms with E-state index in [1.54, 1.807) is 11.5 Å². The van der Waals surface area contributed by atoms with Crippen molar-refractivity contribution in [3.05, 3.63) is 82.3 Å². The average Bonchev–Trinajstić information content (AvgIpc) is 2.70. The molecule has 0 aliphatic rings. The van der Waals surface area contributed by atoms with Crippen molar-refractivity contribution in [2.75, 3.05) is 12.4 Å². The number of nitrogens with one attached hydrogen (secondary N) is 1. The van der Waals surface area contributed by atoms with Gasteiger partial charge in [-0.15, -0.1) is 0 Å². The summed E-state index contributed by atoms with van der Waals surface area (Å²) in [5.74, 6) is -0.360. The van der Waals surface area contributed by atoms with E-state index in [-0.39, 0.29) is 5.75 Å². The second-order valence-corrected chi connectivity index (χ2v) is 6.56. The molecule has 2 aromatic carbocycles. The lowest BCUT2D eigenvalue weighted by molar-refractivity contribution is 0.191. The van der Waals surface area contributed by atoms with E-state index in [0.29, 0.717) is 5.69 Å². The number of aliphatic hydroxyl groups is 1. The smallest absolute Gasteiger partial charge is 0.223 e. The van der Waals surface area contributed by atoms with Gasteiger partial charge < -0.3 is 20.1 Å². The predicted octanol–water partition coefficient (Wildman–Crippen LogP) is 4.34. The summed E-state index contributed by atoms with van der Waals surface area (Å²) in [6, 6.07) is 15.1. The van der Waals surface area contributed by atoms with Crippen LogP contribution in [0.2, 0.25) is 0 Å². The lowest BCUT2D eigenvalue weighted by atomic mass is 9.97. The van der Waals surface area contributed by atoms with Gasteiger partial charge in [-0.1, -0.05) is 36.4 Å². The Morgan fingerprint density at radius 2 is 1.89 bits per heavy atom. The van der Waals surface area contributed by atoms with Crippen molar-refractivity contribution in [1.82, 2.24) is 4.57 Å². The monoisotopic (exact) mass is 376 g/mol. The van der Waals surface area contributed by atoms with Crippen molar-refractivity contribution in [1.29, 1.82) is 0 Å². The van der Waals surface area contributed by atoms with Crippen LogP contribution in [0, 0.1) is 0 Å². The van der Waals surface area contributed by atoms with Gasteiger partial charge in [-0.3, -0.25) is 4.79 Å². The SMILES string of the molecule is CC=Cc1c(NC)cccc1-c1cccc(-n2cc(O)c(=O)cc2C(C)O)c1. The third-order valence-electron chi connectivity index (χ3n) is 4.63. The normalized spacial score (nSPS) is 12.3. The third-order valence-corrected chi connectivity index (χ3v) is 4.63. The number of hydrogen-bond acceptors (Lipinski definition) is 4. The Balaban J connectivity index is 2.21. The van der Waals surface area contributed by atoms with Gasteiger partial charge >= 0.3 is 0 Å². The number of rotatable bonds is 5. The summed E-state index contributed by atoms with van der Waals surface area (Å²) in [5, 5.41) is 23.2. The minimum absolute atomic E-state index is 0.360. The summed E-state index contributed by atoms with van der Waals surface area (Å²) in [6.45, 7) is 3.57. The van der Waals surface area contributed by atoms with Gasteiger partial charge in [0.1, 0.15) is 0 Å². The van der Waals surface area contributed by atoms with Crippen molar-refractivity contribution < 1.29 is 10.2 Å². The highest BCUT2D eigenvalue weighted by molar-refractivity contribution is 5.83. The van der Waals surface area contributed by atoms with Crippen LogP contribution in [0.25, 0.3) is 22.9 Å².